The molecule has 0 amide bonds. The van der Waals surface area contributed by atoms with Gasteiger partial charge in [-0.2, -0.15) is 0 Å². The van der Waals surface area contributed by atoms with Gasteiger partial charge >= 0.3 is 0 Å². The van der Waals surface area contributed by atoms with Crippen LogP contribution < -0.4 is 4.74 Å². The van der Waals surface area contributed by atoms with Crippen molar-refractivity contribution < 1.29 is 9.53 Å². The number of ether oxygens (including phenoxy) is 1. The van der Waals surface area contributed by atoms with Gasteiger partial charge in [0.05, 0.1) is 6.10 Å². The van der Waals surface area contributed by atoms with Gasteiger partial charge in [-0.3, -0.25) is 0 Å². The molecule has 2 rings (SSSR count). The van der Waals surface area contributed by atoms with E-state index in [9.17, 15) is 4.79 Å². The Morgan fingerprint density at radius 3 is 2.88 bits per heavy atom. The van der Waals surface area contributed by atoms with Crippen molar-refractivity contribution in [1.29, 1.82) is 0 Å². The molecule has 0 saturated carbocycles. The first kappa shape index (κ1) is 11.7. The van der Waals surface area contributed by atoms with E-state index in [2.05, 4.69) is 4.57 Å². The second kappa shape index (κ2) is 5.04. The van der Waals surface area contributed by atoms with Crippen LogP contribution in [0.25, 0.3) is 10.9 Å². The first-order valence-corrected chi connectivity index (χ1v) is 5.90. The smallest absolute Gasteiger partial charge is 0.121 e. The van der Waals surface area contributed by atoms with Crippen molar-refractivity contribution in [2.45, 2.75) is 32.9 Å². The average molecular weight is 231 g/mol. The summed E-state index contributed by atoms with van der Waals surface area (Å²) in [6, 6.07) is 8.09. The summed E-state index contributed by atoms with van der Waals surface area (Å²) in [5.41, 5.74) is 1.14. The van der Waals surface area contributed by atoms with Crippen LogP contribution >= 0.6 is 0 Å². The van der Waals surface area contributed by atoms with Gasteiger partial charge < -0.3 is 14.1 Å². The highest BCUT2D eigenvalue weighted by molar-refractivity contribution is 5.81. The summed E-state index contributed by atoms with van der Waals surface area (Å²) in [6.07, 6.45) is 3.69. The van der Waals surface area contributed by atoms with Crippen LogP contribution in [-0.2, 0) is 11.3 Å². The highest BCUT2D eigenvalue weighted by Gasteiger charge is 2.03. The van der Waals surface area contributed by atoms with E-state index in [-0.39, 0.29) is 6.10 Å². The molecule has 0 radical (unpaired) electrons. The molecule has 0 N–H and O–H groups in total. The van der Waals surface area contributed by atoms with Gasteiger partial charge in [0, 0.05) is 30.1 Å². The van der Waals surface area contributed by atoms with Crippen LogP contribution in [0.5, 0.6) is 5.75 Å². The third-order valence-corrected chi connectivity index (χ3v) is 2.60. The minimum atomic E-state index is 0.185. The number of aromatic nitrogens is 1. The number of carbonyl (C=O) groups excluding carboxylic acids is 1. The number of hydrogen-bond acceptors (Lipinski definition) is 2. The standard InChI is InChI=1S/C14H17NO2/c1-11(2)17-13-4-5-14-12(10-13)6-8-15(14)7-3-9-16/h4-6,8-11H,3,7H2,1-2H3. The maximum absolute atomic E-state index is 10.4. The third-order valence-electron chi connectivity index (χ3n) is 2.60. The maximum Gasteiger partial charge on any atom is 0.121 e. The van der Waals surface area contributed by atoms with E-state index >= 15 is 0 Å². The molecular weight excluding hydrogens is 214 g/mol. The molecule has 1 heterocycles. The van der Waals surface area contributed by atoms with Gasteiger partial charge in [0.2, 0.25) is 0 Å². The normalized spacial score (nSPS) is 11.0. The quantitative estimate of drug-likeness (QED) is 0.741. The second-order valence-corrected chi connectivity index (χ2v) is 4.35. The molecule has 0 spiro atoms. The number of rotatable bonds is 5. The fraction of sp³-hybridized carbons (Fsp3) is 0.357. The number of fused-ring (bicyclic) bond motifs is 1. The van der Waals surface area contributed by atoms with E-state index in [0.717, 1.165) is 29.5 Å². The lowest BCUT2D eigenvalue weighted by Crippen LogP contribution is -2.05. The van der Waals surface area contributed by atoms with Crippen molar-refractivity contribution in [3.63, 3.8) is 0 Å². The van der Waals surface area contributed by atoms with Gasteiger partial charge in [0.25, 0.3) is 0 Å². The summed E-state index contributed by atoms with van der Waals surface area (Å²) >= 11 is 0. The SMILES string of the molecule is CC(C)Oc1ccc2c(ccn2CCC=O)c1. The van der Waals surface area contributed by atoms with Gasteiger partial charge in [0.15, 0.2) is 0 Å². The Balaban J connectivity index is 2.27. The molecule has 17 heavy (non-hydrogen) atoms. The molecule has 1 aromatic carbocycles. The lowest BCUT2D eigenvalue weighted by atomic mass is 10.2. The zero-order valence-corrected chi connectivity index (χ0v) is 10.2. The molecule has 1 aromatic heterocycles. The van der Waals surface area contributed by atoms with Crippen LogP contribution in [0.1, 0.15) is 20.3 Å². The van der Waals surface area contributed by atoms with E-state index in [4.69, 9.17) is 4.74 Å². The highest BCUT2D eigenvalue weighted by atomic mass is 16.5. The molecule has 0 bridgehead atoms. The summed E-state index contributed by atoms with van der Waals surface area (Å²) in [5.74, 6) is 0.889. The van der Waals surface area contributed by atoms with Gasteiger partial charge in [-0.1, -0.05) is 0 Å². The van der Waals surface area contributed by atoms with E-state index in [0.29, 0.717) is 6.42 Å². The van der Waals surface area contributed by atoms with Crippen molar-refractivity contribution in [1.82, 2.24) is 4.57 Å². The molecule has 3 heteroatoms. The molecule has 0 atom stereocenters. The zero-order chi connectivity index (χ0) is 12.3. The predicted molar refractivity (Wildman–Crippen MR) is 68.4 cm³/mol. The Bertz CT molecular complexity index is 514. The van der Waals surface area contributed by atoms with Gasteiger partial charge in [-0.25, -0.2) is 0 Å². The average Bonchev–Trinajstić information content (AvgIpc) is 2.68. The summed E-state index contributed by atoms with van der Waals surface area (Å²) in [4.78, 5) is 10.4. The summed E-state index contributed by atoms with van der Waals surface area (Å²) in [7, 11) is 0. The van der Waals surface area contributed by atoms with Crippen LogP contribution in [0.4, 0.5) is 0 Å². The predicted octanol–water partition coefficient (Wildman–Crippen LogP) is 3.02. The molecule has 2 aromatic rings. The van der Waals surface area contributed by atoms with Crippen LogP contribution in [-0.4, -0.2) is 17.0 Å². The number of aryl methyl sites for hydroxylation is 1. The van der Waals surface area contributed by atoms with Gasteiger partial charge in [-0.15, -0.1) is 0 Å². The fourth-order valence-corrected chi connectivity index (χ4v) is 1.91. The molecule has 0 unspecified atom stereocenters. The summed E-state index contributed by atoms with van der Waals surface area (Å²) in [6.45, 7) is 4.76. The van der Waals surface area contributed by atoms with Crippen molar-refractivity contribution in [3.8, 4) is 5.75 Å². The third kappa shape index (κ3) is 2.67. The van der Waals surface area contributed by atoms with Crippen molar-refractivity contribution >= 4 is 17.2 Å². The van der Waals surface area contributed by atoms with Crippen molar-refractivity contribution in [3.05, 3.63) is 30.5 Å². The van der Waals surface area contributed by atoms with Crippen LogP contribution in [0.15, 0.2) is 30.5 Å². The Morgan fingerprint density at radius 2 is 2.18 bits per heavy atom. The van der Waals surface area contributed by atoms with E-state index in [1.165, 1.54) is 0 Å². The lowest BCUT2D eigenvalue weighted by molar-refractivity contribution is -0.108. The molecular formula is C14H17NO2. The molecule has 0 saturated heterocycles. The number of benzene rings is 1. The van der Waals surface area contributed by atoms with E-state index < -0.39 is 0 Å². The van der Waals surface area contributed by atoms with Gasteiger partial charge in [0.1, 0.15) is 12.0 Å². The first-order chi connectivity index (χ1) is 8.20. The van der Waals surface area contributed by atoms with E-state index in [1.807, 2.05) is 44.3 Å². The maximum atomic E-state index is 10.4. The van der Waals surface area contributed by atoms with Crippen LogP contribution in [0, 0.1) is 0 Å². The monoisotopic (exact) mass is 231 g/mol. The molecule has 0 fully saturated rings. The zero-order valence-electron chi connectivity index (χ0n) is 10.2. The Morgan fingerprint density at radius 1 is 1.35 bits per heavy atom. The van der Waals surface area contributed by atoms with Crippen LogP contribution in [0.3, 0.4) is 0 Å². The fourth-order valence-electron chi connectivity index (χ4n) is 1.91. The molecule has 0 aliphatic carbocycles. The minimum Gasteiger partial charge on any atom is -0.491 e. The molecule has 0 aliphatic rings. The molecule has 90 valence electrons. The number of carbonyl (C=O) groups is 1. The highest BCUT2D eigenvalue weighted by Crippen LogP contribution is 2.22. The first-order valence-electron chi connectivity index (χ1n) is 5.90. The number of aldehydes is 1. The Kier molecular flexibility index (Phi) is 3.47. The van der Waals surface area contributed by atoms with Crippen molar-refractivity contribution in [2.75, 3.05) is 0 Å². The Labute approximate surface area is 101 Å². The summed E-state index contributed by atoms with van der Waals surface area (Å²) in [5, 5.41) is 1.15. The lowest BCUT2D eigenvalue weighted by Gasteiger charge is -2.10. The van der Waals surface area contributed by atoms with Gasteiger partial charge in [-0.05, 0) is 38.1 Å². The summed E-state index contributed by atoms with van der Waals surface area (Å²) < 4.78 is 7.73. The molecule has 3 nitrogen and oxygen atoms in total. The molecule has 0 aliphatic heterocycles. The number of nitrogens with zero attached hydrogens (tertiary/aromatic N) is 1. The minimum absolute atomic E-state index is 0.185. The second-order valence-electron chi connectivity index (χ2n) is 4.35. The van der Waals surface area contributed by atoms with Crippen LogP contribution in [0.2, 0.25) is 0 Å². The van der Waals surface area contributed by atoms with Crippen molar-refractivity contribution in [2.24, 2.45) is 0 Å². The number of hydrogen-bond donors (Lipinski definition) is 0. The Hall–Kier alpha value is -1.77. The van der Waals surface area contributed by atoms with E-state index in [1.54, 1.807) is 0 Å². The largest absolute Gasteiger partial charge is 0.491 e. The topological polar surface area (TPSA) is 31.2 Å².